The molecule has 2 heterocycles. The molecule has 0 bridgehead atoms. The van der Waals surface area contributed by atoms with Crippen LogP contribution in [0.1, 0.15) is 60.7 Å². The molecule has 4 rings (SSSR count). The van der Waals surface area contributed by atoms with Crippen molar-refractivity contribution in [2.24, 2.45) is 11.8 Å². The first-order valence-corrected chi connectivity index (χ1v) is 10.7. The molecule has 7 nitrogen and oxygen atoms in total. The lowest BCUT2D eigenvalue weighted by Crippen LogP contribution is -2.36. The zero-order valence-corrected chi connectivity index (χ0v) is 17.2. The maximum absolute atomic E-state index is 12.5. The van der Waals surface area contributed by atoms with Gasteiger partial charge in [0.1, 0.15) is 11.9 Å². The smallest absolute Gasteiger partial charge is 0.340 e. The molecule has 0 spiro atoms. The van der Waals surface area contributed by atoms with Gasteiger partial charge in [0.25, 0.3) is 0 Å². The number of aliphatic hydroxyl groups is 2. The second-order valence-corrected chi connectivity index (χ2v) is 8.48. The second-order valence-electron chi connectivity index (χ2n) is 8.48. The van der Waals surface area contributed by atoms with Gasteiger partial charge in [0.2, 0.25) is 5.91 Å². The van der Waals surface area contributed by atoms with Crippen LogP contribution in [-0.4, -0.2) is 35.4 Å². The van der Waals surface area contributed by atoms with E-state index in [1.165, 1.54) is 37.7 Å². The van der Waals surface area contributed by atoms with Gasteiger partial charge in [0.05, 0.1) is 31.0 Å². The van der Waals surface area contributed by atoms with Crippen LogP contribution >= 0.6 is 0 Å². The maximum Gasteiger partial charge on any atom is 0.340 e. The molecule has 2 aliphatic carbocycles. The number of amides is 1. The third-order valence-electron chi connectivity index (χ3n) is 6.53. The van der Waals surface area contributed by atoms with E-state index in [1.54, 1.807) is 0 Å². The minimum Gasteiger partial charge on any atom is -0.492 e. The lowest BCUT2D eigenvalue weighted by Gasteiger charge is -2.29. The minimum absolute atomic E-state index is 0.0735. The van der Waals surface area contributed by atoms with Gasteiger partial charge in [0.15, 0.2) is 0 Å². The molecular formula is C23H29NO6. The van der Waals surface area contributed by atoms with Crippen LogP contribution in [-0.2, 0) is 16.0 Å². The third kappa shape index (κ3) is 3.96. The summed E-state index contributed by atoms with van der Waals surface area (Å²) in [7, 11) is 0. The molecule has 1 amide bonds. The van der Waals surface area contributed by atoms with E-state index in [4.69, 9.17) is 14.3 Å². The second kappa shape index (κ2) is 8.78. The van der Waals surface area contributed by atoms with Gasteiger partial charge in [-0.15, -0.1) is 0 Å². The molecule has 3 unspecified atom stereocenters. The van der Waals surface area contributed by atoms with Gasteiger partial charge in [0, 0.05) is 18.0 Å². The zero-order chi connectivity index (χ0) is 21.3. The van der Waals surface area contributed by atoms with E-state index in [2.05, 4.69) is 11.4 Å². The number of hydrogen-bond donors (Lipinski definition) is 3. The number of aliphatic hydroxyl groups excluding tert-OH is 2. The van der Waals surface area contributed by atoms with Crippen LogP contribution in [0.3, 0.4) is 0 Å². The van der Waals surface area contributed by atoms with Crippen molar-refractivity contribution in [2.75, 3.05) is 13.2 Å². The average molecular weight is 415 g/mol. The number of rotatable bonds is 6. The van der Waals surface area contributed by atoms with Gasteiger partial charge in [-0.05, 0) is 42.9 Å². The summed E-state index contributed by atoms with van der Waals surface area (Å²) in [6, 6.07) is 0. The number of hydrogen-bond acceptors (Lipinski definition) is 6. The lowest BCUT2D eigenvalue weighted by atomic mass is 9.75. The first-order chi connectivity index (χ1) is 14.5. The van der Waals surface area contributed by atoms with Gasteiger partial charge in [-0.2, -0.15) is 0 Å². The molecule has 0 aromatic carbocycles. The fourth-order valence-corrected chi connectivity index (χ4v) is 4.86. The molecule has 30 heavy (non-hydrogen) atoms. The summed E-state index contributed by atoms with van der Waals surface area (Å²) >= 11 is 0. The van der Waals surface area contributed by atoms with E-state index in [-0.39, 0.29) is 25.0 Å². The summed E-state index contributed by atoms with van der Waals surface area (Å²) in [6.45, 7) is 1.32. The SMILES string of the molecule is Cc1c2c(oc(=O)c1CC(=O)NCC(O)CO)C=CC1C(C3CCCCC3)=COC21. The molecule has 7 heteroatoms. The van der Waals surface area contributed by atoms with Gasteiger partial charge >= 0.3 is 5.63 Å². The molecule has 3 N–H and O–H groups in total. The van der Waals surface area contributed by atoms with Crippen molar-refractivity contribution in [2.45, 2.75) is 57.7 Å². The lowest BCUT2D eigenvalue weighted by molar-refractivity contribution is -0.121. The van der Waals surface area contributed by atoms with Gasteiger partial charge in [-0.25, -0.2) is 4.79 Å². The number of ether oxygens (including phenoxy) is 1. The van der Waals surface area contributed by atoms with Crippen LogP contribution < -0.4 is 10.9 Å². The Morgan fingerprint density at radius 3 is 2.80 bits per heavy atom. The largest absolute Gasteiger partial charge is 0.492 e. The summed E-state index contributed by atoms with van der Waals surface area (Å²) in [5.74, 6) is 0.763. The molecule has 162 valence electrons. The van der Waals surface area contributed by atoms with E-state index < -0.39 is 24.2 Å². The predicted molar refractivity (Wildman–Crippen MR) is 111 cm³/mol. The molecule has 1 saturated carbocycles. The van der Waals surface area contributed by atoms with Crippen LogP contribution in [0.25, 0.3) is 6.08 Å². The highest BCUT2D eigenvalue weighted by atomic mass is 16.5. The topological polar surface area (TPSA) is 109 Å². The monoisotopic (exact) mass is 415 g/mol. The molecule has 0 saturated heterocycles. The molecule has 3 aliphatic rings. The highest BCUT2D eigenvalue weighted by Gasteiger charge is 2.40. The van der Waals surface area contributed by atoms with Crippen molar-refractivity contribution in [1.29, 1.82) is 0 Å². The van der Waals surface area contributed by atoms with Crippen LogP contribution in [0, 0.1) is 18.8 Å². The van der Waals surface area contributed by atoms with Crippen LogP contribution in [0.15, 0.2) is 27.1 Å². The normalized spacial score (nSPS) is 23.9. The first-order valence-electron chi connectivity index (χ1n) is 10.7. The Hall–Kier alpha value is -2.38. The fourth-order valence-electron chi connectivity index (χ4n) is 4.86. The van der Waals surface area contributed by atoms with Gasteiger partial charge < -0.3 is 24.7 Å². The van der Waals surface area contributed by atoms with Crippen molar-refractivity contribution in [3.8, 4) is 0 Å². The number of nitrogens with one attached hydrogen (secondary N) is 1. The number of carbonyl (C=O) groups is 1. The van der Waals surface area contributed by atoms with E-state index in [9.17, 15) is 14.7 Å². The zero-order valence-electron chi connectivity index (χ0n) is 17.2. The molecule has 1 fully saturated rings. The molecular weight excluding hydrogens is 386 g/mol. The Morgan fingerprint density at radius 1 is 1.30 bits per heavy atom. The summed E-state index contributed by atoms with van der Waals surface area (Å²) in [6.07, 6.45) is 10.6. The highest BCUT2D eigenvalue weighted by molar-refractivity contribution is 5.79. The van der Waals surface area contributed by atoms with E-state index in [0.717, 1.165) is 11.1 Å². The first kappa shape index (κ1) is 20.9. The van der Waals surface area contributed by atoms with Gasteiger partial charge in [-0.1, -0.05) is 25.3 Å². The maximum atomic E-state index is 12.5. The Balaban J connectivity index is 1.56. The quantitative estimate of drug-likeness (QED) is 0.657. The van der Waals surface area contributed by atoms with Crippen molar-refractivity contribution in [3.63, 3.8) is 0 Å². The Bertz CT molecular complexity index is 924. The number of fused-ring (bicyclic) bond motifs is 3. The molecule has 1 aromatic rings. The fraction of sp³-hybridized carbons (Fsp3) is 0.565. The van der Waals surface area contributed by atoms with Gasteiger partial charge in [-0.3, -0.25) is 4.79 Å². The van der Waals surface area contributed by atoms with Crippen LogP contribution in [0.2, 0.25) is 0 Å². The average Bonchev–Trinajstić information content (AvgIpc) is 3.19. The van der Waals surface area contributed by atoms with Crippen molar-refractivity contribution in [1.82, 2.24) is 5.32 Å². The Labute approximate surface area is 175 Å². The van der Waals surface area contributed by atoms with Crippen molar-refractivity contribution >= 4 is 12.0 Å². The highest BCUT2D eigenvalue weighted by Crippen LogP contribution is 2.49. The third-order valence-corrected chi connectivity index (χ3v) is 6.53. The summed E-state index contributed by atoms with van der Waals surface area (Å²) in [4.78, 5) is 24.8. The molecule has 3 atom stereocenters. The van der Waals surface area contributed by atoms with E-state index in [1.807, 2.05) is 19.3 Å². The molecule has 1 aromatic heterocycles. The molecule has 1 aliphatic heterocycles. The van der Waals surface area contributed by atoms with Crippen molar-refractivity contribution < 1.29 is 24.2 Å². The van der Waals surface area contributed by atoms with E-state index >= 15 is 0 Å². The molecule has 0 radical (unpaired) electrons. The van der Waals surface area contributed by atoms with Crippen molar-refractivity contribution in [3.05, 3.63) is 50.8 Å². The van der Waals surface area contributed by atoms with Crippen LogP contribution in [0.5, 0.6) is 0 Å². The summed E-state index contributed by atoms with van der Waals surface area (Å²) < 4.78 is 11.6. The predicted octanol–water partition coefficient (Wildman–Crippen LogP) is 2.14. The Kier molecular flexibility index (Phi) is 6.11. The standard InChI is InChI=1S/C23H29NO6/c1-13-17(9-20(27)24-10-15(26)11-25)23(28)30-19-8-7-16-18(12-29-22(16)21(13)19)14-5-3-2-4-6-14/h7-8,12,14-16,22,25-26H,2-6,9-11H2,1H3,(H,24,27). The summed E-state index contributed by atoms with van der Waals surface area (Å²) in [5.41, 5.74) is 2.64. The summed E-state index contributed by atoms with van der Waals surface area (Å²) in [5, 5.41) is 20.8. The minimum atomic E-state index is -1.03. The van der Waals surface area contributed by atoms with E-state index in [0.29, 0.717) is 17.2 Å². The van der Waals surface area contributed by atoms with Crippen LogP contribution in [0.4, 0.5) is 0 Å². The number of carbonyl (C=O) groups excluding carboxylic acids is 1. The Morgan fingerprint density at radius 2 is 2.07 bits per heavy atom.